The van der Waals surface area contributed by atoms with Crippen molar-refractivity contribution in [1.82, 2.24) is 15.5 Å². The summed E-state index contributed by atoms with van der Waals surface area (Å²) in [5.74, 6) is -0.936. The van der Waals surface area contributed by atoms with E-state index in [0.29, 0.717) is 17.7 Å². The summed E-state index contributed by atoms with van der Waals surface area (Å²) in [6.07, 6.45) is 1.98. The molecule has 3 N–H and O–H groups in total. The van der Waals surface area contributed by atoms with Gasteiger partial charge in [-0.25, -0.2) is 4.79 Å². The molecule has 3 amide bonds. The zero-order valence-corrected chi connectivity index (χ0v) is 24.4. The molecular weight excluding hydrogens is 508 g/mol. The van der Waals surface area contributed by atoms with Crippen molar-refractivity contribution < 1.29 is 24.2 Å². The number of ether oxygens (including phenoxy) is 1. The first kappa shape index (κ1) is 32.2. The number of nitrogens with one attached hydrogen (secondary N) is 2. The number of hydrogen-bond acceptors (Lipinski definition) is 6. The fraction of sp³-hybridized carbons (Fsp3) is 0.484. The third-order valence-electron chi connectivity index (χ3n) is 6.25. The number of alkyl carbamates (subject to hydrolysis) is 1. The van der Waals surface area contributed by atoms with Crippen molar-refractivity contribution in [2.45, 2.75) is 84.9 Å². The number of aryl methyl sites for hydroxylation is 2. The monoisotopic (exact) mass is 550 g/mol. The second-order valence-electron chi connectivity index (χ2n) is 11.0. The van der Waals surface area contributed by atoms with E-state index in [-0.39, 0.29) is 18.7 Å². The molecule has 0 fully saturated rings. The smallest absolute Gasteiger partial charge is 0.408 e. The molecule has 40 heavy (non-hydrogen) atoms. The van der Waals surface area contributed by atoms with E-state index in [9.17, 15) is 24.8 Å². The van der Waals surface area contributed by atoms with Crippen LogP contribution in [0.3, 0.4) is 0 Å². The van der Waals surface area contributed by atoms with Crippen LogP contribution in [0.1, 0.15) is 75.3 Å². The normalized spacial score (nSPS) is 12.5. The number of nitriles is 1. The number of nitrogens with zero attached hydrogens (tertiary/aromatic N) is 2. The lowest BCUT2D eigenvalue weighted by molar-refractivity contribution is -0.141. The highest BCUT2D eigenvalue weighted by Gasteiger charge is 2.37. The van der Waals surface area contributed by atoms with E-state index < -0.39 is 35.6 Å². The Hall–Kier alpha value is -4.06. The quantitative estimate of drug-likeness (QED) is 0.256. The number of aromatic hydroxyl groups is 1. The molecule has 0 spiro atoms. The van der Waals surface area contributed by atoms with E-state index in [1.165, 1.54) is 17.0 Å². The van der Waals surface area contributed by atoms with Crippen molar-refractivity contribution >= 4 is 17.9 Å². The van der Waals surface area contributed by atoms with Gasteiger partial charge in [0.2, 0.25) is 11.8 Å². The number of carbonyl (C=O) groups is 3. The zero-order chi connectivity index (χ0) is 29.9. The first-order valence-electron chi connectivity index (χ1n) is 13.7. The average Bonchev–Trinajstić information content (AvgIpc) is 2.87. The summed E-state index contributed by atoms with van der Waals surface area (Å²) in [7, 11) is 0. The predicted molar refractivity (Wildman–Crippen MR) is 153 cm³/mol. The molecule has 0 saturated carbocycles. The number of benzene rings is 2. The number of phenols is 1. The van der Waals surface area contributed by atoms with E-state index in [4.69, 9.17) is 4.74 Å². The Morgan fingerprint density at radius 3 is 2.33 bits per heavy atom. The Kier molecular flexibility index (Phi) is 12.0. The molecule has 0 heterocycles. The van der Waals surface area contributed by atoms with Crippen LogP contribution in [0.5, 0.6) is 5.75 Å². The van der Waals surface area contributed by atoms with Crippen LogP contribution < -0.4 is 10.6 Å². The highest BCUT2D eigenvalue weighted by Crippen LogP contribution is 2.27. The van der Waals surface area contributed by atoms with Gasteiger partial charge in [0.05, 0.1) is 6.07 Å². The van der Waals surface area contributed by atoms with Gasteiger partial charge in [-0.15, -0.1) is 0 Å². The molecule has 0 aliphatic carbocycles. The summed E-state index contributed by atoms with van der Waals surface area (Å²) in [6.45, 7) is 11.1. The van der Waals surface area contributed by atoms with E-state index in [2.05, 4.69) is 17.6 Å². The van der Waals surface area contributed by atoms with Crippen LogP contribution in [0.4, 0.5) is 4.79 Å². The van der Waals surface area contributed by atoms with Gasteiger partial charge < -0.3 is 25.4 Å². The van der Waals surface area contributed by atoms with Gasteiger partial charge in [0.25, 0.3) is 0 Å². The third-order valence-corrected chi connectivity index (χ3v) is 6.25. The van der Waals surface area contributed by atoms with Crippen molar-refractivity contribution in [3.8, 4) is 11.8 Å². The lowest BCUT2D eigenvalue weighted by Crippen LogP contribution is -2.54. The molecule has 2 rings (SSSR count). The molecule has 216 valence electrons. The standard InChI is InChI=1S/C31H42N4O5/c1-7-8-9-17-33-28(37)27(25-15-10-21(2)19-22(25)3)35(18-16-32)29(38)26(34-30(39)40-31(4,5)6)20-23-11-13-24(36)14-12-23/h10-15,19,26-27,36H,7-9,17-18,20H2,1-6H3,(H,33,37)(H,34,39). The van der Waals surface area contributed by atoms with Gasteiger partial charge >= 0.3 is 6.09 Å². The summed E-state index contributed by atoms with van der Waals surface area (Å²) in [5.41, 5.74) is 2.26. The molecule has 2 aromatic carbocycles. The Labute approximate surface area is 237 Å². The van der Waals surface area contributed by atoms with E-state index in [1.807, 2.05) is 32.0 Å². The predicted octanol–water partition coefficient (Wildman–Crippen LogP) is 4.84. The fourth-order valence-corrected chi connectivity index (χ4v) is 4.36. The molecular formula is C31H42N4O5. The molecule has 0 aliphatic rings. The summed E-state index contributed by atoms with van der Waals surface area (Å²) >= 11 is 0. The Morgan fingerprint density at radius 1 is 1.07 bits per heavy atom. The molecule has 2 atom stereocenters. The van der Waals surface area contributed by atoms with Gasteiger partial charge in [0.1, 0.15) is 30.0 Å². The van der Waals surface area contributed by atoms with Crippen molar-refractivity contribution in [2.24, 2.45) is 0 Å². The van der Waals surface area contributed by atoms with Gasteiger partial charge in [-0.3, -0.25) is 9.59 Å². The van der Waals surface area contributed by atoms with Crippen LogP contribution >= 0.6 is 0 Å². The zero-order valence-electron chi connectivity index (χ0n) is 24.4. The lowest BCUT2D eigenvalue weighted by atomic mass is 9.95. The van der Waals surface area contributed by atoms with Gasteiger partial charge in [-0.1, -0.05) is 55.7 Å². The SMILES string of the molecule is CCCCCNC(=O)C(c1ccc(C)cc1C)N(CC#N)C(=O)C(Cc1ccc(O)cc1)NC(=O)OC(C)(C)C. The molecule has 9 heteroatoms. The largest absolute Gasteiger partial charge is 0.508 e. The second-order valence-corrected chi connectivity index (χ2v) is 11.0. The molecule has 0 radical (unpaired) electrons. The average molecular weight is 551 g/mol. The molecule has 0 aromatic heterocycles. The van der Waals surface area contributed by atoms with Gasteiger partial charge in [-0.2, -0.15) is 5.26 Å². The summed E-state index contributed by atoms with van der Waals surface area (Å²) < 4.78 is 5.41. The maximum absolute atomic E-state index is 14.2. The minimum Gasteiger partial charge on any atom is -0.508 e. The van der Waals surface area contributed by atoms with E-state index in [1.54, 1.807) is 39.0 Å². The fourth-order valence-electron chi connectivity index (χ4n) is 4.36. The first-order chi connectivity index (χ1) is 18.9. The maximum Gasteiger partial charge on any atom is 0.408 e. The molecule has 9 nitrogen and oxygen atoms in total. The van der Waals surface area contributed by atoms with Crippen LogP contribution in [0.15, 0.2) is 42.5 Å². The topological polar surface area (TPSA) is 132 Å². The number of amides is 3. The van der Waals surface area contributed by atoms with Crippen LogP contribution in [0.25, 0.3) is 0 Å². The second kappa shape index (κ2) is 14.9. The van der Waals surface area contributed by atoms with Gasteiger partial charge in [0.15, 0.2) is 0 Å². The molecule has 0 saturated heterocycles. The van der Waals surface area contributed by atoms with Crippen LogP contribution in [-0.4, -0.2) is 52.6 Å². The minimum atomic E-state index is -1.14. The van der Waals surface area contributed by atoms with E-state index in [0.717, 1.165) is 30.4 Å². The number of unbranched alkanes of at least 4 members (excludes halogenated alkanes) is 2. The van der Waals surface area contributed by atoms with Crippen molar-refractivity contribution in [3.63, 3.8) is 0 Å². The number of carbonyl (C=O) groups excluding carboxylic acids is 3. The number of phenolic OH excluding ortho intramolecular Hbond substituents is 1. The van der Waals surface area contributed by atoms with Crippen LogP contribution in [0.2, 0.25) is 0 Å². The van der Waals surface area contributed by atoms with E-state index >= 15 is 0 Å². The third kappa shape index (κ3) is 9.92. The summed E-state index contributed by atoms with van der Waals surface area (Å²) in [6, 6.07) is 11.6. The number of hydrogen-bond donors (Lipinski definition) is 3. The first-order valence-corrected chi connectivity index (χ1v) is 13.7. The molecule has 0 aliphatic heterocycles. The Bertz CT molecular complexity index is 1200. The van der Waals surface area contributed by atoms with Crippen molar-refractivity contribution in [1.29, 1.82) is 5.26 Å². The van der Waals surface area contributed by atoms with Gasteiger partial charge in [0, 0.05) is 13.0 Å². The summed E-state index contributed by atoms with van der Waals surface area (Å²) in [5, 5.41) is 25.0. The minimum absolute atomic E-state index is 0.0536. The highest BCUT2D eigenvalue weighted by atomic mass is 16.6. The Balaban J connectivity index is 2.53. The Morgan fingerprint density at radius 2 is 1.75 bits per heavy atom. The molecule has 2 aromatic rings. The number of rotatable bonds is 12. The maximum atomic E-state index is 14.2. The molecule has 0 bridgehead atoms. The van der Waals surface area contributed by atoms with Crippen LogP contribution in [0, 0.1) is 25.2 Å². The lowest BCUT2D eigenvalue weighted by Gasteiger charge is -2.33. The highest BCUT2D eigenvalue weighted by molar-refractivity contribution is 5.92. The molecule has 2 unspecified atom stereocenters. The van der Waals surface area contributed by atoms with Crippen LogP contribution in [-0.2, 0) is 20.7 Å². The van der Waals surface area contributed by atoms with Gasteiger partial charge in [-0.05, 0) is 69.9 Å². The van der Waals surface area contributed by atoms with Crippen molar-refractivity contribution in [3.05, 3.63) is 64.7 Å². The summed E-state index contributed by atoms with van der Waals surface area (Å²) in [4.78, 5) is 41.8. The van der Waals surface area contributed by atoms with Crippen molar-refractivity contribution in [2.75, 3.05) is 13.1 Å².